The second-order valence-corrected chi connectivity index (χ2v) is 9.00. The van der Waals surface area contributed by atoms with Crippen LogP contribution in [0.2, 0.25) is 0 Å². The van der Waals surface area contributed by atoms with Crippen molar-refractivity contribution >= 4 is 21.6 Å². The first-order valence-electron chi connectivity index (χ1n) is 9.47. The summed E-state index contributed by atoms with van der Waals surface area (Å²) in [6.45, 7) is 2.35. The topological polar surface area (TPSA) is 57.7 Å². The molecule has 0 bridgehead atoms. The third-order valence-electron chi connectivity index (χ3n) is 4.60. The zero-order valence-corrected chi connectivity index (χ0v) is 17.9. The molecule has 9 heteroatoms. The van der Waals surface area contributed by atoms with Gasteiger partial charge in [0.25, 0.3) is 15.9 Å². The number of unbranched alkanes of at least 4 members (excludes halogenated alkanes) is 1. The van der Waals surface area contributed by atoms with Crippen LogP contribution in [0, 0.1) is 6.92 Å². The molecule has 2 aromatic carbocycles. The summed E-state index contributed by atoms with van der Waals surface area (Å²) in [7, 11) is -2.43. The number of hydrogen-bond donors (Lipinski definition) is 0. The van der Waals surface area contributed by atoms with E-state index >= 15 is 0 Å². The van der Waals surface area contributed by atoms with Gasteiger partial charge >= 0.3 is 6.18 Å². The first-order valence-corrected chi connectivity index (χ1v) is 10.9. The summed E-state index contributed by atoms with van der Waals surface area (Å²) in [5.74, 6) is -0.739. The van der Waals surface area contributed by atoms with Crippen LogP contribution in [0.4, 0.5) is 18.9 Å². The minimum Gasteiger partial charge on any atom is -0.330 e. The second kappa shape index (κ2) is 9.51. The Morgan fingerprint density at radius 3 is 2.07 bits per heavy atom. The molecule has 1 amide bonds. The summed E-state index contributed by atoms with van der Waals surface area (Å²) >= 11 is 0. The maximum Gasteiger partial charge on any atom is 0.406 e. The average molecular weight is 443 g/mol. The molecule has 0 heterocycles. The molecule has 0 aliphatic rings. The largest absolute Gasteiger partial charge is 0.406 e. The van der Waals surface area contributed by atoms with E-state index in [-0.39, 0.29) is 17.0 Å². The zero-order valence-electron chi connectivity index (χ0n) is 17.1. The fraction of sp³-hybridized carbons (Fsp3) is 0.381. The Kier molecular flexibility index (Phi) is 7.52. The minimum absolute atomic E-state index is 0.00169. The van der Waals surface area contributed by atoms with Crippen LogP contribution in [0.25, 0.3) is 0 Å². The monoisotopic (exact) mass is 442 g/mol. The highest BCUT2D eigenvalue weighted by Gasteiger charge is 2.33. The van der Waals surface area contributed by atoms with Crippen molar-refractivity contribution in [3.8, 4) is 0 Å². The first-order chi connectivity index (χ1) is 14.0. The van der Waals surface area contributed by atoms with Crippen LogP contribution in [-0.2, 0) is 10.0 Å². The van der Waals surface area contributed by atoms with E-state index in [4.69, 9.17) is 0 Å². The van der Waals surface area contributed by atoms with E-state index in [2.05, 4.69) is 0 Å². The van der Waals surface area contributed by atoms with E-state index in [1.54, 1.807) is 12.1 Å². The number of alkyl halides is 3. The summed E-state index contributed by atoms with van der Waals surface area (Å²) in [6.07, 6.45) is -3.38. The number of carbonyl (C=O) groups is 1. The fourth-order valence-electron chi connectivity index (χ4n) is 2.82. The van der Waals surface area contributed by atoms with Gasteiger partial charge in [0, 0.05) is 19.2 Å². The number of anilines is 1. The molecule has 0 fully saturated rings. The quantitative estimate of drug-likeness (QED) is 0.599. The molecule has 0 unspecified atom stereocenters. The predicted molar refractivity (Wildman–Crippen MR) is 110 cm³/mol. The third-order valence-corrected chi connectivity index (χ3v) is 6.40. The molecule has 30 heavy (non-hydrogen) atoms. The highest BCUT2D eigenvalue weighted by Crippen LogP contribution is 2.24. The van der Waals surface area contributed by atoms with E-state index in [9.17, 15) is 26.4 Å². The van der Waals surface area contributed by atoms with Gasteiger partial charge in [-0.1, -0.05) is 31.0 Å². The molecule has 0 saturated carbocycles. The van der Waals surface area contributed by atoms with Gasteiger partial charge in [-0.2, -0.15) is 13.2 Å². The van der Waals surface area contributed by atoms with E-state index in [1.165, 1.54) is 43.4 Å². The SMILES string of the molecule is CCCCN(CC(F)(F)F)C(=O)c1ccc(N(C)S(=O)(=O)c2ccc(C)cc2)cc1. The Morgan fingerprint density at radius 2 is 1.57 bits per heavy atom. The molecule has 0 radical (unpaired) electrons. The van der Waals surface area contributed by atoms with Crippen molar-refractivity contribution in [1.82, 2.24) is 4.90 Å². The lowest BCUT2D eigenvalue weighted by molar-refractivity contribution is -0.140. The van der Waals surface area contributed by atoms with Gasteiger partial charge in [-0.15, -0.1) is 0 Å². The van der Waals surface area contributed by atoms with Crippen molar-refractivity contribution in [1.29, 1.82) is 0 Å². The zero-order chi connectivity index (χ0) is 22.5. The Hall–Kier alpha value is -2.55. The van der Waals surface area contributed by atoms with Crippen molar-refractivity contribution < 1.29 is 26.4 Å². The van der Waals surface area contributed by atoms with Crippen molar-refractivity contribution in [2.45, 2.75) is 37.8 Å². The maximum atomic E-state index is 12.8. The third kappa shape index (κ3) is 5.98. The highest BCUT2D eigenvalue weighted by molar-refractivity contribution is 7.92. The van der Waals surface area contributed by atoms with Gasteiger partial charge in [-0.05, 0) is 49.7 Å². The Morgan fingerprint density at radius 1 is 1.00 bits per heavy atom. The molecule has 0 aromatic heterocycles. The standard InChI is InChI=1S/C21H25F3N2O3S/c1-4-5-14-26(15-21(22,23)24)20(27)17-8-10-18(11-9-17)25(3)30(28,29)19-12-6-16(2)7-13-19/h6-13H,4-5,14-15H2,1-3H3. The number of rotatable bonds is 8. The van der Waals surface area contributed by atoms with E-state index in [0.29, 0.717) is 18.5 Å². The van der Waals surface area contributed by atoms with E-state index in [1.807, 2.05) is 13.8 Å². The molecule has 164 valence electrons. The number of carbonyl (C=O) groups excluding carboxylic acids is 1. The van der Waals surface area contributed by atoms with Crippen LogP contribution < -0.4 is 4.31 Å². The fourth-order valence-corrected chi connectivity index (χ4v) is 4.02. The lowest BCUT2D eigenvalue weighted by Crippen LogP contribution is -2.39. The summed E-state index contributed by atoms with van der Waals surface area (Å²) in [6, 6.07) is 11.9. The van der Waals surface area contributed by atoms with E-state index < -0.39 is 28.7 Å². The van der Waals surface area contributed by atoms with Gasteiger partial charge in [0.15, 0.2) is 0 Å². The maximum absolute atomic E-state index is 12.8. The van der Waals surface area contributed by atoms with Gasteiger partial charge in [0.2, 0.25) is 0 Å². The summed E-state index contributed by atoms with van der Waals surface area (Å²) in [5, 5.41) is 0. The van der Waals surface area contributed by atoms with Crippen LogP contribution >= 0.6 is 0 Å². The molecule has 2 rings (SSSR count). The van der Waals surface area contributed by atoms with Crippen LogP contribution in [0.3, 0.4) is 0 Å². The smallest absolute Gasteiger partial charge is 0.330 e. The van der Waals surface area contributed by atoms with Crippen molar-refractivity contribution in [3.63, 3.8) is 0 Å². The number of amides is 1. The highest BCUT2D eigenvalue weighted by atomic mass is 32.2. The average Bonchev–Trinajstić information content (AvgIpc) is 2.69. The summed E-state index contributed by atoms with van der Waals surface area (Å²) < 4.78 is 65.1. The van der Waals surface area contributed by atoms with Crippen LogP contribution in [0.15, 0.2) is 53.4 Å². The number of halogens is 3. The molecule has 0 aliphatic heterocycles. The van der Waals surface area contributed by atoms with Crippen LogP contribution in [0.5, 0.6) is 0 Å². The van der Waals surface area contributed by atoms with Gasteiger partial charge in [0.05, 0.1) is 10.6 Å². The number of aryl methyl sites for hydroxylation is 1. The van der Waals surface area contributed by atoms with Gasteiger partial charge in [-0.25, -0.2) is 8.42 Å². The van der Waals surface area contributed by atoms with Crippen molar-refractivity contribution in [2.75, 3.05) is 24.4 Å². The van der Waals surface area contributed by atoms with Gasteiger partial charge < -0.3 is 4.90 Å². The molecule has 5 nitrogen and oxygen atoms in total. The lowest BCUT2D eigenvalue weighted by atomic mass is 10.1. The lowest BCUT2D eigenvalue weighted by Gasteiger charge is -2.24. The molecular weight excluding hydrogens is 417 g/mol. The van der Waals surface area contributed by atoms with Gasteiger partial charge in [0.1, 0.15) is 6.54 Å². The van der Waals surface area contributed by atoms with Crippen molar-refractivity contribution in [3.05, 3.63) is 59.7 Å². The predicted octanol–water partition coefficient (Wildman–Crippen LogP) is 4.62. The normalized spacial score (nSPS) is 11.9. The molecule has 0 N–H and O–H groups in total. The van der Waals surface area contributed by atoms with E-state index in [0.717, 1.165) is 14.8 Å². The minimum atomic E-state index is -4.49. The van der Waals surface area contributed by atoms with Crippen LogP contribution in [-0.4, -0.2) is 45.5 Å². The Bertz CT molecular complexity index is 956. The molecule has 0 aliphatic carbocycles. The first kappa shape index (κ1) is 23.7. The number of nitrogens with zero attached hydrogens (tertiary/aromatic N) is 2. The summed E-state index contributed by atoms with van der Waals surface area (Å²) in [5.41, 5.74) is 1.29. The number of hydrogen-bond acceptors (Lipinski definition) is 3. The molecule has 0 saturated heterocycles. The molecule has 0 spiro atoms. The Balaban J connectivity index is 2.23. The second-order valence-electron chi connectivity index (χ2n) is 7.03. The number of sulfonamides is 1. The summed E-state index contributed by atoms with van der Waals surface area (Å²) in [4.78, 5) is 13.4. The molecule has 2 aromatic rings. The van der Waals surface area contributed by atoms with Crippen molar-refractivity contribution in [2.24, 2.45) is 0 Å². The van der Waals surface area contributed by atoms with Crippen LogP contribution in [0.1, 0.15) is 35.7 Å². The number of benzene rings is 2. The molecule has 0 atom stereocenters. The van der Waals surface area contributed by atoms with Gasteiger partial charge in [-0.3, -0.25) is 9.10 Å². The molecular formula is C21H25F3N2O3S. The Labute approximate surface area is 175 Å².